The van der Waals surface area contributed by atoms with E-state index in [9.17, 15) is 0 Å². The predicted molar refractivity (Wildman–Crippen MR) is 105 cm³/mol. The molecule has 2 aromatic carbocycles. The Morgan fingerprint density at radius 2 is 1.08 bits per heavy atom. The quantitative estimate of drug-likeness (QED) is 0.368. The molecule has 2 heterocycles. The van der Waals surface area contributed by atoms with Crippen LogP contribution in [0.2, 0.25) is 0 Å². The van der Waals surface area contributed by atoms with Crippen LogP contribution in [0.3, 0.4) is 0 Å². The summed E-state index contributed by atoms with van der Waals surface area (Å²) in [5, 5.41) is 0. The third kappa shape index (κ3) is 3.29. The Morgan fingerprint density at radius 3 is 1.58 bits per heavy atom. The molecule has 0 bridgehead atoms. The van der Waals surface area contributed by atoms with E-state index >= 15 is 0 Å². The van der Waals surface area contributed by atoms with E-state index in [-0.39, 0.29) is 0 Å². The van der Waals surface area contributed by atoms with Crippen LogP contribution in [-0.4, -0.2) is 0 Å². The number of benzene rings is 2. The van der Waals surface area contributed by atoms with E-state index in [0.29, 0.717) is 11.5 Å². The Hall–Kier alpha value is -0.110. The van der Waals surface area contributed by atoms with E-state index < -0.39 is 19.5 Å². The van der Waals surface area contributed by atoms with Crippen LogP contribution in [0.5, 0.6) is 11.5 Å². The summed E-state index contributed by atoms with van der Waals surface area (Å²) in [5.41, 5.74) is 1.69. The molecule has 0 aromatic heterocycles. The molecule has 24 heavy (non-hydrogen) atoms. The molecule has 2 aliphatic rings. The van der Waals surface area contributed by atoms with Gasteiger partial charge in [-0.1, -0.05) is 36.4 Å². The lowest BCUT2D eigenvalue weighted by Crippen LogP contribution is -1.98. The molecular weight excluding hydrogens is 453 g/mol. The van der Waals surface area contributed by atoms with Crippen LogP contribution in [0, 0.1) is 0 Å². The second-order valence-corrected chi connectivity index (χ2v) is 16.9. The molecule has 0 atom stereocenters. The topological polar surface area (TPSA) is 55.5 Å². The largest absolute Gasteiger partial charge is 0.453 e. The van der Waals surface area contributed by atoms with Crippen molar-refractivity contribution in [2.45, 2.75) is 0 Å². The number of hydrogen-bond acceptors (Lipinski definition) is 5. The fourth-order valence-electron chi connectivity index (χ4n) is 2.34. The highest BCUT2D eigenvalue weighted by molar-refractivity contribution is 8.20. The van der Waals surface area contributed by atoms with E-state index in [4.69, 9.17) is 54.0 Å². The van der Waals surface area contributed by atoms with Crippen LogP contribution >= 0.6 is 64.4 Å². The van der Waals surface area contributed by atoms with Crippen molar-refractivity contribution >= 4 is 64.4 Å². The van der Waals surface area contributed by atoms with Crippen LogP contribution < -0.4 is 9.05 Å². The Bertz CT molecular complexity index is 955. The molecular formula is C12H8Cl4N3O2P3. The van der Waals surface area contributed by atoms with Crippen molar-refractivity contribution in [3.05, 3.63) is 48.5 Å². The van der Waals surface area contributed by atoms with Gasteiger partial charge in [-0.3, -0.25) is 0 Å². The van der Waals surface area contributed by atoms with Gasteiger partial charge in [-0.25, -0.2) is 0 Å². The molecule has 4 rings (SSSR count). The summed E-state index contributed by atoms with van der Waals surface area (Å²) in [6.07, 6.45) is 0. The van der Waals surface area contributed by atoms with Gasteiger partial charge in [0.15, 0.2) is 0 Å². The fraction of sp³-hybridized carbons (Fsp3) is 0. The van der Waals surface area contributed by atoms with Gasteiger partial charge < -0.3 is 9.05 Å². The maximum Gasteiger partial charge on any atom is 0.453 e. The molecule has 0 N–H and O–H groups in total. The average molecular weight is 461 g/mol. The summed E-state index contributed by atoms with van der Waals surface area (Å²) in [7, 11) is -3.31. The van der Waals surface area contributed by atoms with Crippen LogP contribution in [0.15, 0.2) is 62.1 Å². The molecule has 0 aliphatic carbocycles. The molecule has 12 heteroatoms. The van der Waals surface area contributed by atoms with E-state index in [1.54, 1.807) is 12.1 Å². The molecule has 0 radical (unpaired) electrons. The highest BCUT2D eigenvalue weighted by Gasteiger charge is 2.40. The average Bonchev–Trinajstić information content (AvgIpc) is 2.57. The van der Waals surface area contributed by atoms with Gasteiger partial charge in [0.1, 0.15) is 11.5 Å². The third-order valence-corrected chi connectivity index (χ3v) is 14.1. The fourth-order valence-corrected chi connectivity index (χ4v) is 16.2. The number of rotatable bonds is 0. The molecule has 0 amide bonds. The lowest BCUT2D eigenvalue weighted by atomic mass is 10.0. The molecule has 0 saturated heterocycles. The van der Waals surface area contributed by atoms with Gasteiger partial charge in [0.25, 0.3) is 11.8 Å². The first-order valence-electron chi connectivity index (χ1n) is 6.55. The van der Waals surface area contributed by atoms with Crippen LogP contribution in [0.4, 0.5) is 0 Å². The smallest absolute Gasteiger partial charge is 0.413 e. The van der Waals surface area contributed by atoms with Crippen LogP contribution in [-0.2, 0) is 0 Å². The third-order valence-electron chi connectivity index (χ3n) is 3.16. The van der Waals surface area contributed by atoms with Crippen LogP contribution in [0.1, 0.15) is 0 Å². The highest BCUT2D eigenvalue weighted by Crippen LogP contribution is 2.85. The zero-order chi connectivity index (χ0) is 17.0. The monoisotopic (exact) mass is 459 g/mol. The Morgan fingerprint density at radius 1 is 0.625 bits per heavy atom. The minimum absolute atomic E-state index is 0.548. The standard InChI is InChI=1S/C12H8Cl4N3O2P3/c13-22(14)17-23(15,16)19-24(18-22)20-11-7-3-1-5-9(11)10-6-2-4-8-12(10)21-24/h1-8H. The molecule has 126 valence electrons. The molecule has 5 nitrogen and oxygen atoms in total. The zero-order valence-corrected chi connectivity index (χ0v) is 17.3. The summed E-state index contributed by atoms with van der Waals surface area (Å²) in [4.78, 5) is 0. The zero-order valence-electron chi connectivity index (χ0n) is 11.6. The molecule has 2 aromatic rings. The van der Waals surface area contributed by atoms with E-state index in [0.717, 1.165) is 11.1 Å². The Kier molecular flexibility index (Phi) is 4.30. The Labute approximate surface area is 157 Å². The minimum Gasteiger partial charge on any atom is -0.413 e. The lowest BCUT2D eigenvalue weighted by Gasteiger charge is -2.24. The maximum atomic E-state index is 6.20. The predicted octanol–water partition coefficient (Wildman–Crippen LogP) is 8.93. The van der Waals surface area contributed by atoms with Gasteiger partial charge in [0.2, 0.25) is 0 Å². The summed E-state index contributed by atoms with van der Waals surface area (Å²) in [5.74, 6) is -5.20. The second kappa shape index (κ2) is 5.96. The van der Waals surface area contributed by atoms with Crippen molar-refractivity contribution in [3.8, 4) is 22.6 Å². The highest BCUT2D eigenvalue weighted by atomic mass is 35.9. The van der Waals surface area contributed by atoms with Crippen LogP contribution in [0.25, 0.3) is 11.1 Å². The van der Waals surface area contributed by atoms with Crippen molar-refractivity contribution in [1.29, 1.82) is 0 Å². The van der Waals surface area contributed by atoms with Gasteiger partial charge in [-0.2, -0.15) is 4.52 Å². The van der Waals surface area contributed by atoms with Crippen molar-refractivity contribution < 1.29 is 9.05 Å². The van der Waals surface area contributed by atoms with Crippen molar-refractivity contribution in [2.24, 2.45) is 13.5 Å². The number of nitrogens with zero attached hydrogens (tertiary/aromatic N) is 3. The molecule has 1 spiro atoms. The van der Waals surface area contributed by atoms with E-state index in [1.165, 1.54) is 0 Å². The number of hydrogen-bond donors (Lipinski definition) is 0. The summed E-state index contributed by atoms with van der Waals surface area (Å²) in [6, 6.07) is 14.9. The van der Waals surface area contributed by atoms with E-state index in [2.05, 4.69) is 13.5 Å². The molecule has 2 aliphatic heterocycles. The van der Waals surface area contributed by atoms with Gasteiger partial charge in [0, 0.05) is 11.1 Å². The summed E-state index contributed by atoms with van der Waals surface area (Å²) < 4.78 is 24.6. The first kappa shape index (κ1) is 17.3. The number of fused-ring (bicyclic) bond motifs is 3. The molecule has 0 unspecified atom stereocenters. The van der Waals surface area contributed by atoms with Crippen molar-refractivity contribution in [3.63, 3.8) is 0 Å². The first-order chi connectivity index (χ1) is 11.3. The Balaban J connectivity index is 2.05. The van der Waals surface area contributed by atoms with Crippen molar-refractivity contribution in [1.82, 2.24) is 0 Å². The molecule has 0 saturated carbocycles. The lowest BCUT2D eigenvalue weighted by molar-refractivity contribution is 0.487. The van der Waals surface area contributed by atoms with E-state index in [1.807, 2.05) is 36.4 Å². The SMILES string of the molecule is ClP1(Cl)=NP(Cl)(Cl)=NP2(=N1)Oc1ccccc1-c1ccccc1O2. The number of para-hydroxylation sites is 2. The van der Waals surface area contributed by atoms with Gasteiger partial charge in [0.05, 0.1) is 0 Å². The van der Waals surface area contributed by atoms with Gasteiger partial charge in [-0.15, -0.1) is 9.03 Å². The number of halogens is 4. The first-order valence-corrected chi connectivity index (χ1v) is 15.1. The molecule has 0 fully saturated rings. The second-order valence-electron chi connectivity index (χ2n) is 4.85. The normalized spacial score (nSPS) is 21.5. The van der Waals surface area contributed by atoms with Gasteiger partial charge in [-0.05, 0) is 57.1 Å². The maximum absolute atomic E-state index is 6.20. The van der Waals surface area contributed by atoms with Gasteiger partial charge >= 0.3 is 7.66 Å². The summed E-state index contributed by atoms with van der Waals surface area (Å²) in [6.45, 7) is 0. The van der Waals surface area contributed by atoms with Crippen molar-refractivity contribution in [2.75, 3.05) is 0 Å². The summed E-state index contributed by atoms with van der Waals surface area (Å²) >= 11 is 24.8. The minimum atomic E-state index is -3.31.